The van der Waals surface area contributed by atoms with E-state index in [4.69, 9.17) is 9.94 Å². The number of ether oxygens (including phenoxy) is 1. The van der Waals surface area contributed by atoms with E-state index < -0.39 is 47.8 Å². The number of unbranched alkanes of at least 4 members (excludes halogenated alkanes) is 2. The Kier molecular flexibility index (Phi) is 11.9. The Hall–Kier alpha value is -3.67. The molecule has 2 heterocycles. The summed E-state index contributed by atoms with van der Waals surface area (Å²) in [6, 6.07) is 3.68. The topological polar surface area (TPSA) is 166 Å². The molecular formula is C29H43N5O7. The fourth-order valence-corrected chi connectivity index (χ4v) is 5.30. The first kappa shape index (κ1) is 31.9. The van der Waals surface area contributed by atoms with Crippen molar-refractivity contribution in [2.24, 2.45) is 5.92 Å². The summed E-state index contributed by atoms with van der Waals surface area (Å²) in [6.45, 7) is 4.22. The van der Waals surface area contributed by atoms with Gasteiger partial charge in [0.05, 0.1) is 7.11 Å². The van der Waals surface area contributed by atoms with Gasteiger partial charge in [-0.3, -0.25) is 29.2 Å². The molecule has 226 valence electrons. The van der Waals surface area contributed by atoms with Gasteiger partial charge in [-0.05, 0) is 49.3 Å². The first-order valence-corrected chi connectivity index (χ1v) is 14.5. The maximum Gasteiger partial charge on any atom is 0.246 e. The van der Waals surface area contributed by atoms with Crippen LogP contribution in [-0.2, 0) is 30.4 Å². The van der Waals surface area contributed by atoms with Crippen LogP contribution in [0.4, 0.5) is 0 Å². The predicted octanol–water partition coefficient (Wildman–Crippen LogP) is 1.20. The molecule has 2 fully saturated rings. The average Bonchev–Trinajstić information content (AvgIpc) is 3.48. The number of nitrogens with zero attached hydrogens (tertiary/aromatic N) is 1. The molecule has 1 aromatic carbocycles. The molecule has 0 aliphatic carbocycles. The van der Waals surface area contributed by atoms with Crippen molar-refractivity contribution in [3.05, 3.63) is 29.8 Å². The van der Waals surface area contributed by atoms with E-state index in [1.54, 1.807) is 24.7 Å². The summed E-state index contributed by atoms with van der Waals surface area (Å²) in [5, 5.41) is 17.3. The Bertz CT molecular complexity index is 1080. The summed E-state index contributed by atoms with van der Waals surface area (Å²) in [5.41, 5.74) is 2.38. The molecule has 3 rings (SSSR count). The molecule has 41 heavy (non-hydrogen) atoms. The van der Waals surface area contributed by atoms with Gasteiger partial charge in [-0.2, -0.15) is 0 Å². The molecule has 12 heteroatoms. The molecule has 5 amide bonds. The maximum atomic E-state index is 13.7. The van der Waals surface area contributed by atoms with E-state index in [-0.39, 0.29) is 31.1 Å². The number of hydroxylamine groups is 1. The minimum Gasteiger partial charge on any atom is -0.497 e. The average molecular weight is 574 g/mol. The molecule has 0 aromatic heterocycles. The summed E-state index contributed by atoms with van der Waals surface area (Å²) in [7, 11) is 1.56. The van der Waals surface area contributed by atoms with Gasteiger partial charge in [-0.25, -0.2) is 5.48 Å². The number of nitrogens with one attached hydrogen (secondary N) is 4. The van der Waals surface area contributed by atoms with Crippen LogP contribution in [0.1, 0.15) is 70.8 Å². The largest absolute Gasteiger partial charge is 0.497 e. The van der Waals surface area contributed by atoms with Crippen LogP contribution in [-0.4, -0.2) is 77.5 Å². The lowest BCUT2D eigenvalue weighted by atomic mass is 9.95. The number of fused-ring (bicyclic) bond motifs is 1. The van der Waals surface area contributed by atoms with Gasteiger partial charge in [-0.1, -0.05) is 45.2 Å². The van der Waals surface area contributed by atoms with Crippen LogP contribution < -0.4 is 26.2 Å². The molecule has 0 radical (unpaired) electrons. The Labute approximate surface area is 240 Å². The molecule has 5 N–H and O–H groups in total. The maximum absolute atomic E-state index is 13.7. The fraction of sp³-hybridized carbons (Fsp3) is 0.621. The van der Waals surface area contributed by atoms with E-state index in [0.29, 0.717) is 50.8 Å². The van der Waals surface area contributed by atoms with E-state index in [9.17, 15) is 24.0 Å². The lowest BCUT2D eigenvalue weighted by Crippen LogP contribution is -2.62. The van der Waals surface area contributed by atoms with Gasteiger partial charge in [0, 0.05) is 19.4 Å². The molecule has 2 aliphatic rings. The van der Waals surface area contributed by atoms with Gasteiger partial charge in [0.1, 0.15) is 29.9 Å². The quantitative estimate of drug-likeness (QED) is 0.151. The van der Waals surface area contributed by atoms with Crippen LogP contribution in [0.2, 0.25) is 0 Å². The second kappa shape index (κ2) is 15.4. The lowest BCUT2D eigenvalue weighted by Gasteiger charge is -2.34. The van der Waals surface area contributed by atoms with Crippen LogP contribution in [0, 0.1) is 5.92 Å². The number of carbonyl (C=O) groups excluding carboxylic acids is 5. The fourth-order valence-electron chi connectivity index (χ4n) is 5.30. The number of hydrogen-bond acceptors (Lipinski definition) is 7. The SMILES string of the molecule is CCC(C)[C@@H]1NC(=O)[C@@H](Cc2ccc(OC)cc2)NC(=O)[C@H](CCCCCC(=O)NO)NC(=O)[C@H]2CCCN2C1=O. The molecule has 2 saturated heterocycles. The van der Waals surface area contributed by atoms with Gasteiger partial charge in [0.25, 0.3) is 0 Å². The number of benzene rings is 1. The predicted molar refractivity (Wildman–Crippen MR) is 150 cm³/mol. The molecule has 12 nitrogen and oxygen atoms in total. The van der Waals surface area contributed by atoms with Crippen molar-refractivity contribution >= 4 is 29.5 Å². The summed E-state index contributed by atoms with van der Waals surface area (Å²) >= 11 is 0. The third-order valence-corrected chi connectivity index (χ3v) is 8.00. The van der Waals surface area contributed by atoms with Crippen LogP contribution in [0.3, 0.4) is 0 Å². The highest BCUT2D eigenvalue weighted by molar-refractivity contribution is 5.98. The van der Waals surface area contributed by atoms with E-state index >= 15 is 0 Å². The second-order valence-electron chi connectivity index (χ2n) is 10.9. The van der Waals surface area contributed by atoms with Crippen LogP contribution in [0.15, 0.2) is 24.3 Å². The van der Waals surface area contributed by atoms with E-state index in [1.165, 1.54) is 4.90 Å². The molecule has 1 aromatic rings. The Morgan fingerprint density at radius 1 is 1.02 bits per heavy atom. The second-order valence-corrected chi connectivity index (χ2v) is 10.9. The smallest absolute Gasteiger partial charge is 0.246 e. The molecule has 2 aliphatic heterocycles. The number of carbonyl (C=O) groups is 5. The van der Waals surface area contributed by atoms with Crippen LogP contribution in [0.25, 0.3) is 0 Å². The minimum atomic E-state index is -0.989. The molecule has 0 spiro atoms. The lowest BCUT2D eigenvalue weighted by molar-refractivity contribution is -0.144. The van der Waals surface area contributed by atoms with Crippen LogP contribution >= 0.6 is 0 Å². The number of rotatable bonds is 11. The molecule has 0 saturated carbocycles. The third-order valence-electron chi connectivity index (χ3n) is 8.00. The highest BCUT2D eigenvalue weighted by Gasteiger charge is 2.41. The molecular weight excluding hydrogens is 530 g/mol. The normalized spacial score (nSPS) is 24.2. The number of methoxy groups -OCH3 is 1. The first-order valence-electron chi connectivity index (χ1n) is 14.5. The standard InChI is InChI=1S/C29H43N5O7/c1-4-18(2)25-29(39)34-16-8-10-23(34)28(38)30-21(9-6-5-7-11-24(35)33-40)26(36)31-22(27(37)32-25)17-19-12-14-20(41-3)15-13-19/h12-15,18,21-23,25,40H,4-11,16-17H2,1-3H3,(H,30,38)(H,31,36)(H,32,37)(H,33,35)/t18?,21-,22+,23+,25-/m0/s1. The summed E-state index contributed by atoms with van der Waals surface area (Å²) < 4.78 is 5.22. The van der Waals surface area contributed by atoms with Gasteiger partial charge in [0.15, 0.2) is 0 Å². The minimum absolute atomic E-state index is 0.139. The van der Waals surface area contributed by atoms with E-state index in [2.05, 4.69) is 16.0 Å². The van der Waals surface area contributed by atoms with Gasteiger partial charge < -0.3 is 25.6 Å². The molecule has 5 atom stereocenters. The Balaban J connectivity index is 1.88. The van der Waals surface area contributed by atoms with Gasteiger partial charge in [0.2, 0.25) is 29.5 Å². The first-order chi connectivity index (χ1) is 19.7. The van der Waals surface area contributed by atoms with Crippen molar-refractivity contribution < 1.29 is 33.9 Å². The van der Waals surface area contributed by atoms with Crippen molar-refractivity contribution in [2.75, 3.05) is 13.7 Å². The highest BCUT2D eigenvalue weighted by atomic mass is 16.5. The van der Waals surface area contributed by atoms with E-state index in [1.807, 2.05) is 26.0 Å². The third kappa shape index (κ3) is 8.66. The monoisotopic (exact) mass is 573 g/mol. The van der Waals surface area contributed by atoms with Crippen molar-refractivity contribution in [3.8, 4) is 5.75 Å². The Morgan fingerprint density at radius 3 is 2.37 bits per heavy atom. The van der Waals surface area contributed by atoms with Gasteiger partial charge >= 0.3 is 0 Å². The zero-order valence-corrected chi connectivity index (χ0v) is 24.1. The van der Waals surface area contributed by atoms with Crippen molar-refractivity contribution in [1.82, 2.24) is 26.3 Å². The van der Waals surface area contributed by atoms with Crippen LogP contribution in [0.5, 0.6) is 5.75 Å². The molecule has 0 bridgehead atoms. The van der Waals surface area contributed by atoms with Crippen molar-refractivity contribution in [1.29, 1.82) is 0 Å². The number of amides is 5. The summed E-state index contributed by atoms with van der Waals surface area (Å²) in [5.74, 6) is -1.66. The zero-order chi connectivity index (χ0) is 29.9. The van der Waals surface area contributed by atoms with Crippen molar-refractivity contribution in [3.63, 3.8) is 0 Å². The highest BCUT2D eigenvalue weighted by Crippen LogP contribution is 2.23. The summed E-state index contributed by atoms with van der Waals surface area (Å²) in [6.07, 6.45) is 3.97. The van der Waals surface area contributed by atoms with Gasteiger partial charge in [-0.15, -0.1) is 0 Å². The molecule has 1 unspecified atom stereocenters. The van der Waals surface area contributed by atoms with E-state index in [0.717, 1.165) is 5.56 Å². The zero-order valence-electron chi connectivity index (χ0n) is 24.1. The number of hydrogen-bond donors (Lipinski definition) is 5. The Morgan fingerprint density at radius 2 is 1.71 bits per heavy atom. The summed E-state index contributed by atoms with van der Waals surface area (Å²) in [4.78, 5) is 67.2. The van der Waals surface area contributed by atoms with Crippen molar-refractivity contribution in [2.45, 2.75) is 95.8 Å².